The number of ether oxygens (including phenoxy) is 1. The van der Waals surface area contributed by atoms with Crippen molar-refractivity contribution in [1.29, 1.82) is 0 Å². The smallest absolute Gasteiger partial charge is 0.189 e. The Morgan fingerprint density at radius 1 is 1.43 bits per heavy atom. The summed E-state index contributed by atoms with van der Waals surface area (Å²) in [5, 5.41) is 3.12. The van der Waals surface area contributed by atoms with Crippen LogP contribution in [0.15, 0.2) is 23.3 Å². The number of nitrogens with one attached hydrogen (secondary N) is 1. The number of pyridine rings is 1. The van der Waals surface area contributed by atoms with Gasteiger partial charge in [-0.25, -0.2) is 9.98 Å². The first-order valence-corrected chi connectivity index (χ1v) is 8.03. The summed E-state index contributed by atoms with van der Waals surface area (Å²) in [6.45, 7) is 7.20. The first kappa shape index (κ1) is 17.5. The predicted molar refractivity (Wildman–Crippen MR) is 93.7 cm³/mol. The fourth-order valence-corrected chi connectivity index (χ4v) is 2.62. The Balaban J connectivity index is 2.00. The lowest BCUT2D eigenvalue weighted by atomic mass is 10.2. The molecule has 0 aromatic carbocycles. The van der Waals surface area contributed by atoms with Gasteiger partial charge in [-0.1, -0.05) is 6.07 Å². The molecule has 1 atom stereocenters. The molecule has 128 valence electrons. The Labute approximate surface area is 138 Å². The quantitative estimate of drug-likeness (QED) is 0.579. The fraction of sp³-hybridized carbons (Fsp3) is 0.625. The molecular weight excluding hydrogens is 292 g/mol. The largest absolute Gasteiger partial charge is 0.383 e. The van der Waals surface area contributed by atoms with E-state index in [4.69, 9.17) is 10.5 Å². The normalized spacial score (nSPS) is 18.0. The molecule has 1 aromatic rings. The summed E-state index contributed by atoms with van der Waals surface area (Å²) >= 11 is 0. The number of nitrogens with zero attached hydrogens (tertiary/aromatic N) is 4. The fourth-order valence-electron chi connectivity index (χ4n) is 2.62. The van der Waals surface area contributed by atoms with Gasteiger partial charge >= 0.3 is 0 Å². The zero-order valence-electron chi connectivity index (χ0n) is 14.3. The number of guanidine groups is 1. The molecule has 7 heteroatoms. The first-order valence-electron chi connectivity index (χ1n) is 8.03. The van der Waals surface area contributed by atoms with Gasteiger partial charge in [0, 0.05) is 51.1 Å². The maximum atomic E-state index is 5.94. The minimum atomic E-state index is 0.134. The van der Waals surface area contributed by atoms with Crippen molar-refractivity contribution < 1.29 is 4.74 Å². The predicted octanol–water partition coefficient (Wildman–Crippen LogP) is 0.273. The summed E-state index contributed by atoms with van der Waals surface area (Å²) in [4.78, 5) is 13.6. The Morgan fingerprint density at radius 3 is 2.87 bits per heavy atom. The van der Waals surface area contributed by atoms with Gasteiger partial charge < -0.3 is 25.6 Å². The van der Waals surface area contributed by atoms with E-state index in [1.165, 1.54) is 0 Å². The molecule has 0 bridgehead atoms. The van der Waals surface area contributed by atoms with E-state index in [1.54, 1.807) is 7.11 Å². The monoisotopic (exact) mass is 320 g/mol. The number of nitrogens with two attached hydrogens (primary N) is 1. The van der Waals surface area contributed by atoms with Gasteiger partial charge in [-0.3, -0.25) is 0 Å². The van der Waals surface area contributed by atoms with Crippen molar-refractivity contribution in [3.8, 4) is 0 Å². The van der Waals surface area contributed by atoms with Crippen molar-refractivity contribution in [3.63, 3.8) is 0 Å². The molecule has 1 aliphatic heterocycles. The Kier molecular flexibility index (Phi) is 6.61. The molecule has 7 nitrogen and oxygen atoms in total. The second-order valence-corrected chi connectivity index (χ2v) is 5.98. The number of likely N-dealkylation sites (N-methyl/N-ethyl adjacent to an activating group) is 1. The topological polar surface area (TPSA) is 79.0 Å². The summed E-state index contributed by atoms with van der Waals surface area (Å²) in [7, 11) is 3.82. The van der Waals surface area contributed by atoms with Gasteiger partial charge in [-0.05, 0) is 20.0 Å². The number of hydrogen-bond donors (Lipinski definition) is 2. The lowest BCUT2D eigenvalue weighted by Crippen LogP contribution is -2.45. The third-order valence-electron chi connectivity index (χ3n) is 3.90. The maximum Gasteiger partial charge on any atom is 0.189 e. The summed E-state index contributed by atoms with van der Waals surface area (Å²) in [6.07, 6.45) is 1.84. The van der Waals surface area contributed by atoms with Gasteiger partial charge in [0.1, 0.15) is 5.82 Å². The van der Waals surface area contributed by atoms with Crippen LogP contribution in [-0.2, 0) is 11.3 Å². The van der Waals surface area contributed by atoms with Gasteiger partial charge in [0.2, 0.25) is 0 Å². The minimum Gasteiger partial charge on any atom is -0.383 e. The Hall–Kier alpha value is -1.86. The molecule has 1 fully saturated rings. The first-order chi connectivity index (χ1) is 11.1. The van der Waals surface area contributed by atoms with E-state index in [2.05, 4.69) is 38.2 Å². The SMILES string of the molecule is COC[C@@H](C)NC(N)=NCc1cccnc1N1CCN(C)CC1. The number of hydrogen-bond acceptors (Lipinski definition) is 5. The molecule has 2 rings (SSSR count). The van der Waals surface area contributed by atoms with Crippen LogP contribution in [0.2, 0.25) is 0 Å². The van der Waals surface area contributed by atoms with Crippen LogP contribution < -0.4 is 16.0 Å². The summed E-state index contributed by atoms with van der Waals surface area (Å²) in [5.74, 6) is 1.45. The number of piperazine rings is 1. The molecule has 1 aliphatic rings. The molecule has 0 radical (unpaired) electrons. The van der Waals surface area contributed by atoms with Crippen LogP contribution >= 0.6 is 0 Å². The van der Waals surface area contributed by atoms with Gasteiger partial charge in [0.15, 0.2) is 5.96 Å². The van der Waals surface area contributed by atoms with Crippen molar-refractivity contribution in [1.82, 2.24) is 15.2 Å². The highest BCUT2D eigenvalue weighted by Gasteiger charge is 2.17. The molecule has 0 aliphatic carbocycles. The lowest BCUT2D eigenvalue weighted by molar-refractivity contribution is 0.179. The van der Waals surface area contributed by atoms with E-state index >= 15 is 0 Å². The van der Waals surface area contributed by atoms with Crippen LogP contribution in [0.1, 0.15) is 12.5 Å². The van der Waals surface area contributed by atoms with E-state index in [0.29, 0.717) is 19.1 Å². The van der Waals surface area contributed by atoms with Crippen LogP contribution in [0.4, 0.5) is 5.82 Å². The van der Waals surface area contributed by atoms with Gasteiger partial charge in [0.25, 0.3) is 0 Å². The second-order valence-electron chi connectivity index (χ2n) is 5.98. The number of rotatable bonds is 6. The van der Waals surface area contributed by atoms with E-state index in [0.717, 1.165) is 37.6 Å². The standard InChI is InChI=1S/C16H28N6O/c1-13(12-23-3)20-16(17)19-11-14-5-4-6-18-15(14)22-9-7-21(2)8-10-22/h4-6,13H,7-12H2,1-3H3,(H3,17,19,20)/t13-/m1/s1. The van der Waals surface area contributed by atoms with Crippen LogP contribution in [0.5, 0.6) is 0 Å². The number of aliphatic imine (C=N–C) groups is 1. The molecule has 2 heterocycles. The van der Waals surface area contributed by atoms with Crippen LogP contribution in [0.25, 0.3) is 0 Å². The summed E-state index contributed by atoms with van der Waals surface area (Å²) in [6, 6.07) is 4.15. The van der Waals surface area contributed by atoms with Crippen molar-refractivity contribution in [2.75, 3.05) is 51.8 Å². The van der Waals surface area contributed by atoms with E-state index in [1.807, 2.05) is 19.2 Å². The van der Waals surface area contributed by atoms with E-state index in [9.17, 15) is 0 Å². The highest BCUT2D eigenvalue weighted by molar-refractivity contribution is 5.78. The molecular formula is C16H28N6O. The highest BCUT2D eigenvalue weighted by atomic mass is 16.5. The summed E-state index contributed by atoms with van der Waals surface area (Å²) < 4.78 is 5.08. The minimum absolute atomic E-state index is 0.134. The molecule has 0 saturated carbocycles. The van der Waals surface area contributed by atoms with Gasteiger partial charge in [-0.2, -0.15) is 0 Å². The van der Waals surface area contributed by atoms with Gasteiger partial charge in [0.05, 0.1) is 13.2 Å². The lowest BCUT2D eigenvalue weighted by Gasteiger charge is -2.34. The second kappa shape index (κ2) is 8.69. The zero-order valence-corrected chi connectivity index (χ0v) is 14.3. The van der Waals surface area contributed by atoms with E-state index < -0.39 is 0 Å². The molecule has 0 spiro atoms. The van der Waals surface area contributed by atoms with Crippen molar-refractivity contribution in [2.24, 2.45) is 10.7 Å². The Morgan fingerprint density at radius 2 is 2.17 bits per heavy atom. The zero-order chi connectivity index (χ0) is 16.7. The Bertz CT molecular complexity index is 513. The third kappa shape index (κ3) is 5.37. The number of anilines is 1. The molecule has 3 N–H and O–H groups in total. The average Bonchev–Trinajstić information content (AvgIpc) is 2.54. The molecule has 1 aromatic heterocycles. The third-order valence-corrected chi connectivity index (χ3v) is 3.90. The van der Waals surface area contributed by atoms with Crippen LogP contribution in [-0.4, -0.2) is 68.8 Å². The summed E-state index contributed by atoms with van der Waals surface area (Å²) in [5.41, 5.74) is 7.04. The van der Waals surface area contributed by atoms with Crippen molar-refractivity contribution in [2.45, 2.75) is 19.5 Å². The molecule has 23 heavy (non-hydrogen) atoms. The van der Waals surface area contributed by atoms with Crippen LogP contribution in [0.3, 0.4) is 0 Å². The van der Waals surface area contributed by atoms with E-state index in [-0.39, 0.29) is 6.04 Å². The molecule has 0 amide bonds. The number of methoxy groups -OCH3 is 1. The van der Waals surface area contributed by atoms with Crippen molar-refractivity contribution in [3.05, 3.63) is 23.9 Å². The maximum absolute atomic E-state index is 5.94. The van der Waals surface area contributed by atoms with Crippen LogP contribution in [0, 0.1) is 0 Å². The van der Waals surface area contributed by atoms with Crippen molar-refractivity contribution >= 4 is 11.8 Å². The van der Waals surface area contributed by atoms with Gasteiger partial charge in [-0.15, -0.1) is 0 Å². The average molecular weight is 320 g/mol. The number of aromatic nitrogens is 1. The highest BCUT2D eigenvalue weighted by Crippen LogP contribution is 2.19. The molecule has 1 saturated heterocycles. The molecule has 0 unspecified atom stereocenters.